The molecule has 0 bridgehead atoms. The van der Waals surface area contributed by atoms with Crippen molar-refractivity contribution in [2.45, 2.75) is 70.5 Å². The van der Waals surface area contributed by atoms with Gasteiger partial charge in [-0.2, -0.15) is 4.98 Å². The molecule has 4 saturated heterocycles. The second kappa shape index (κ2) is 19.1. The molecule has 0 radical (unpaired) electrons. The number of para-hydroxylation sites is 1. The largest absolute Gasteiger partial charge is 0.494 e. The van der Waals surface area contributed by atoms with E-state index in [1.807, 2.05) is 61.2 Å². The van der Waals surface area contributed by atoms with Crippen molar-refractivity contribution in [2.75, 3.05) is 93.2 Å². The quantitative estimate of drug-likeness (QED) is 0.0872. The van der Waals surface area contributed by atoms with Crippen LogP contribution >= 0.6 is 23.1 Å². The number of aromatic nitrogens is 3. The minimum atomic E-state index is -2.73. The number of carbonyl (C=O) groups is 4. The number of piperidine rings is 2. The summed E-state index contributed by atoms with van der Waals surface area (Å²) in [6, 6.07) is 17.5. The van der Waals surface area contributed by atoms with Crippen LogP contribution in [0, 0.1) is 5.92 Å². The number of nitrogens with zero attached hydrogens (tertiary/aromatic N) is 8. The Bertz CT molecular complexity index is 3000. The molecule has 4 amide bonds. The number of imide groups is 1. The number of methoxy groups -OCH3 is 1. The molecule has 17 nitrogen and oxygen atoms in total. The van der Waals surface area contributed by atoms with Crippen LogP contribution < -0.4 is 35.8 Å². The predicted octanol–water partition coefficient (Wildman–Crippen LogP) is 6.84. The highest BCUT2D eigenvalue weighted by molar-refractivity contribution is 9.10. The summed E-state index contributed by atoms with van der Waals surface area (Å²) in [7, 11) is -1.06. The molecule has 71 heavy (non-hydrogen) atoms. The fourth-order valence-corrected chi connectivity index (χ4v) is 13.1. The smallest absolute Gasteiger partial charge is 0.257 e. The summed E-state index contributed by atoms with van der Waals surface area (Å²) in [5.41, 5.74) is 5.98. The number of nitrogens with one attached hydrogen (secondary N) is 3. The number of amides is 4. The molecule has 1 unspecified atom stereocenters. The third kappa shape index (κ3) is 9.11. The van der Waals surface area contributed by atoms with Crippen molar-refractivity contribution >= 4 is 97.4 Å². The maximum absolute atomic E-state index is 14.1. The van der Waals surface area contributed by atoms with Crippen LogP contribution in [0.5, 0.6) is 5.75 Å². The van der Waals surface area contributed by atoms with Crippen molar-refractivity contribution in [3.8, 4) is 5.75 Å². The average Bonchev–Trinajstić information content (AvgIpc) is 3.55. The van der Waals surface area contributed by atoms with Crippen molar-refractivity contribution in [1.82, 2.24) is 35.0 Å². The van der Waals surface area contributed by atoms with Gasteiger partial charge in [0.1, 0.15) is 24.8 Å². The number of benzene rings is 3. The standard InChI is InChI=1S/C52H61BrN11O6P/c1-7-31-25-38(57-51-55-27-36(53)47(59-51)56-39-28-54-37-13-9-8-11-34(37)46(39)71(5,6)69)43(70-4)26-42(31)61-19-17-33(18-20-61)60-21-23-62(24-22-60)49(67)32-29-63(30-32)40-14-10-12-35-45(40)50(68)64(52(35,2)3)41-15-16-44(65)58-48(41)66/h8-14,25-28,32-33,41H,7,15-24,29-30H2,1-6H3,(H,58,65,66)(H2,55,56,57,59). The van der Waals surface area contributed by atoms with E-state index in [-0.39, 0.29) is 30.1 Å². The number of hydrogen-bond acceptors (Lipinski definition) is 14. The van der Waals surface area contributed by atoms with Crippen LogP contribution in [0.2, 0.25) is 0 Å². The first-order valence-corrected chi connectivity index (χ1v) is 28.0. The molecule has 372 valence electrons. The van der Waals surface area contributed by atoms with E-state index in [0.29, 0.717) is 77.2 Å². The number of hydrogen-bond donors (Lipinski definition) is 3. The van der Waals surface area contributed by atoms with Crippen molar-refractivity contribution in [3.05, 3.63) is 88.2 Å². The lowest BCUT2D eigenvalue weighted by molar-refractivity contribution is -0.139. The molecule has 10 rings (SSSR count). The molecule has 2 aromatic heterocycles. The number of piperazine rings is 1. The second-order valence-electron chi connectivity index (χ2n) is 20.1. The molecule has 0 aliphatic carbocycles. The highest BCUT2D eigenvalue weighted by Gasteiger charge is 2.51. The molecule has 7 heterocycles. The zero-order valence-electron chi connectivity index (χ0n) is 41.1. The molecule has 3 aromatic carbocycles. The Morgan fingerprint density at radius 2 is 1.63 bits per heavy atom. The third-order valence-electron chi connectivity index (χ3n) is 15.1. The summed E-state index contributed by atoms with van der Waals surface area (Å²) in [6.07, 6.45) is 6.71. The van der Waals surface area contributed by atoms with Crippen LogP contribution in [0.15, 0.2) is 71.5 Å². The van der Waals surface area contributed by atoms with E-state index in [1.54, 1.807) is 37.7 Å². The van der Waals surface area contributed by atoms with Gasteiger partial charge in [0, 0.05) is 99.1 Å². The predicted molar refractivity (Wildman–Crippen MR) is 280 cm³/mol. The summed E-state index contributed by atoms with van der Waals surface area (Å²) in [6.45, 7) is 15.5. The molecule has 5 aliphatic heterocycles. The van der Waals surface area contributed by atoms with Gasteiger partial charge in [0.25, 0.3) is 5.91 Å². The van der Waals surface area contributed by atoms with Gasteiger partial charge in [0.2, 0.25) is 23.7 Å². The van der Waals surface area contributed by atoms with Crippen LogP contribution in [0.25, 0.3) is 10.9 Å². The number of aryl methyl sites for hydroxylation is 1. The first kappa shape index (κ1) is 48.5. The summed E-state index contributed by atoms with van der Waals surface area (Å²) in [4.78, 5) is 77.5. The normalized spacial score (nSPS) is 20.0. The summed E-state index contributed by atoms with van der Waals surface area (Å²) >= 11 is 3.60. The zero-order valence-corrected chi connectivity index (χ0v) is 43.6. The lowest BCUT2D eigenvalue weighted by Crippen LogP contribution is -2.59. The minimum Gasteiger partial charge on any atom is -0.494 e. The van der Waals surface area contributed by atoms with Crippen LogP contribution in [-0.2, 0) is 30.9 Å². The molecule has 0 spiro atoms. The number of halogens is 1. The highest BCUT2D eigenvalue weighted by Crippen LogP contribution is 2.47. The highest BCUT2D eigenvalue weighted by atomic mass is 79.9. The Kier molecular flexibility index (Phi) is 13.1. The fourth-order valence-electron chi connectivity index (χ4n) is 11.4. The molecule has 5 aliphatic rings. The van der Waals surface area contributed by atoms with Gasteiger partial charge >= 0.3 is 0 Å². The van der Waals surface area contributed by atoms with E-state index in [9.17, 15) is 23.7 Å². The Labute approximate surface area is 422 Å². The maximum atomic E-state index is 14.1. The first-order valence-electron chi connectivity index (χ1n) is 24.6. The van der Waals surface area contributed by atoms with Gasteiger partial charge in [-0.15, -0.1) is 0 Å². The van der Waals surface area contributed by atoms with E-state index in [0.717, 1.165) is 79.0 Å². The van der Waals surface area contributed by atoms with Gasteiger partial charge in [0.05, 0.1) is 51.7 Å². The van der Waals surface area contributed by atoms with Gasteiger partial charge in [-0.25, -0.2) is 4.98 Å². The van der Waals surface area contributed by atoms with Crippen molar-refractivity contribution < 1.29 is 28.5 Å². The van der Waals surface area contributed by atoms with Gasteiger partial charge in [0.15, 0.2) is 0 Å². The maximum Gasteiger partial charge on any atom is 0.257 e. The molecule has 5 aromatic rings. The van der Waals surface area contributed by atoms with Gasteiger partial charge in [-0.1, -0.05) is 37.3 Å². The molecule has 3 N–H and O–H groups in total. The van der Waals surface area contributed by atoms with Crippen LogP contribution in [0.4, 0.5) is 34.5 Å². The monoisotopic (exact) mass is 1050 g/mol. The number of pyridine rings is 1. The van der Waals surface area contributed by atoms with Crippen LogP contribution in [-0.4, -0.2) is 138 Å². The number of fused-ring (bicyclic) bond motifs is 2. The third-order valence-corrected chi connectivity index (χ3v) is 17.2. The van der Waals surface area contributed by atoms with Crippen LogP contribution in [0.3, 0.4) is 0 Å². The number of carbonyl (C=O) groups excluding carboxylic acids is 4. The van der Waals surface area contributed by atoms with Crippen molar-refractivity contribution in [1.29, 1.82) is 0 Å². The van der Waals surface area contributed by atoms with Crippen LogP contribution in [0.1, 0.15) is 67.9 Å². The average molecular weight is 1050 g/mol. The lowest BCUT2D eigenvalue weighted by Gasteiger charge is -2.46. The molecule has 1 atom stereocenters. The van der Waals surface area contributed by atoms with Gasteiger partial charge < -0.3 is 39.5 Å². The minimum absolute atomic E-state index is 0.147. The molecular weight excluding hydrogens is 986 g/mol. The molecule has 0 saturated carbocycles. The number of ether oxygens (including phenoxy) is 1. The SMILES string of the molecule is CCc1cc(Nc2ncc(Br)c(Nc3cnc4ccccc4c3P(C)(C)=O)n2)c(OC)cc1N1CCC(N2CCN(C(=O)C3CN(c4cccc5c4C(=O)N(C4CCC(=O)NC4=O)C5(C)C)C3)CC2)CC1. The van der Waals surface area contributed by atoms with Crippen molar-refractivity contribution in [3.63, 3.8) is 0 Å². The fraction of sp³-hybridized carbons (Fsp3) is 0.442. The molecule has 4 fully saturated rings. The molecular formula is C52H61BrN11O6P. The van der Waals surface area contributed by atoms with Gasteiger partial charge in [-0.05, 0) is 98.1 Å². The van der Waals surface area contributed by atoms with E-state index in [4.69, 9.17) is 9.72 Å². The summed E-state index contributed by atoms with van der Waals surface area (Å²) < 4.78 is 20.2. The molecule has 19 heteroatoms. The topological polar surface area (TPSA) is 186 Å². The first-order chi connectivity index (χ1) is 34.0. The van der Waals surface area contributed by atoms with E-state index >= 15 is 0 Å². The zero-order chi connectivity index (χ0) is 49.9. The van der Waals surface area contributed by atoms with Gasteiger partial charge in [-0.3, -0.25) is 34.4 Å². The van der Waals surface area contributed by atoms with E-state index < -0.39 is 24.6 Å². The van der Waals surface area contributed by atoms with Crippen molar-refractivity contribution in [2.24, 2.45) is 5.92 Å². The van der Waals surface area contributed by atoms with E-state index in [1.165, 1.54) is 5.56 Å². The lowest BCUT2D eigenvalue weighted by atomic mass is 9.90. The second-order valence-corrected chi connectivity index (χ2v) is 24.1. The Morgan fingerprint density at radius 1 is 0.887 bits per heavy atom. The Morgan fingerprint density at radius 3 is 2.34 bits per heavy atom. The number of anilines is 6. The summed E-state index contributed by atoms with van der Waals surface area (Å²) in [5, 5.41) is 10.7. The Balaban J connectivity index is 0.738. The van der Waals surface area contributed by atoms with E-state index in [2.05, 4.69) is 75.6 Å². The summed E-state index contributed by atoms with van der Waals surface area (Å²) in [5.74, 6) is 0.610. The number of rotatable bonds is 12. The Hall–Kier alpha value is -6.10.